The molecule has 0 amide bonds. The number of benzene rings is 1. The highest BCUT2D eigenvalue weighted by Gasteiger charge is 2.22. The minimum absolute atomic E-state index is 0.535. The Balaban J connectivity index is 2.10. The van der Waals surface area contributed by atoms with Crippen LogP contribution in [0.2, 0.25) is 0 Å². The number of para-hydroxylation sites is 1. The molecule has 1 aliphatic rings. The van der Waals surface area contributed by atoms with Crippen LogP contribution in [0.1, 0.15) is 55.5 Å². The molecular weight excluding hydrogens is 232 g/mol. The highest BCUT2D eigenvalue weighted by molar-refractivity contribution is 5.87. The van der Waals surface area contributed by atoms with Gasteiger partial charge in [-0.25, -0.2) is 0 Å². The summed E-state index contributed by atoms with van der Waals surface area (Å²) < 4.78 is 0. The van der Waals surface area contributed by atoms with E-state index in [2.05, 4.69) is 42.3 Å². The van der Waals surface area contributed by atoms with Gasteiger partial charge >= 0.3 is 0 Å². The molecule has 0 radical (unpaired) electrons. The third-order valence-corrected chi connectivity index (χ3v) is 4.32. The van der Waals surface area contributed by atoms with E-state index in [1.807, 2.05) is 0 Å². The molecule has 1 aliphatic carbocycles. The van der Waals surface area contributed by atoms with Gasteiger partial charge in [-0.05, 0) is 50.3 Å². The van der Waals surface area contributed by atoms with Crippen molar-refractivity contribution < 1.29 is 0 Å². The summed E-state index contributed by atoms with van der Waals surface area (Å²) in [5.74, 6) is 0. The zero-order valence-electron chi connectivity index (χ0n) is 12.1. The minimum atomic E-state index is 0.535. The summed E-state index contributed by atoms with van der Waals surface area (Å²) >= 11 is 0. The van der Waals surface area contributed by atoms with Gasteiger partial charge in [0.2, 0.25) is 0 Å². The molecular formula is C17H24N2. The summed E-state index contributed by atoms with van der Waals surface area (Å²) in [5, 5.41) is 5.18. The molecule has 0 aliphatic heterocycles. The maximum atomic E-state index is 3.75. The Bertz CT molecular complexity index is 568. The van der Waals surface area contributed by atoms with Crippen molar-refractivity contribution in [3.63, 3.8) is 0 Å². The van der Waals surface area contributed by atoms with Crippen LogP contribution in [0.5, 0.6) is 0 Å². The number of fused-ring (bicyclic) bond motifs is 3. The van der Waals surface area contributed by atoms with Crippen molar-refractivity contribution in [3.8, 4) is 0 Å². The number of H-pyrrole nitrogens is 1. The van der Waals surface area contributed by atoms with Gasteiger partial charge in [0.05, 0.1) is 0 Å². The van der Waals surface area contributed by atoms with Crippen LogP contribution in [0.15, 0.2) is 18.2 Å². The monoisotopic (exact) mass is 256 g/mol. The predicted octanol–water partition coefficient (Wildman–Crippen LogP) is 4.24. The Morgan fingerprint density at radius 1 is 1.32 bits per heavy atom. The van der Waals surface area contributed by atoms with E-state index < -0.39 is 0 Å². The van der Waals surface area contributed by atoms with Gasteiger partial charge in [0.25, 0.3) is 0 Å². The first kappa shape index (κ1) is 12.7. The SMILES string of the molecule is CCCNC1CCCCc2[nH]c3c(C)cccc3c21. The van der Waals surface area contributed by atoms with Crippen LogP contribution in [0.25, 0.3) is 10.9 Å². The fourth-order valence-corrected chi connectivity index (χ4v) is 3.35. The highest BCUT2D eigenvalue weighted by atomic mass is 14.9. The van der Waals surface area contributed by atoms with E-state index >= 15 is 0 Å². The summed E-state index contributed by atoms with van der Waals surface area (Å²) in [4.78, 5) is 3.69. The summed E-state index contributed by atoms with van der Waals surface area (Å²) in [6.07, 6.45) is 6.31. The Morgan fingerprint density at radius 2 is 2.21 bits per heavy atom. The number of aromatic amines is 1. The third-order valence-electron chi connectivity index (χ3n) is 4.32. The fraction of sp³-hybridized carbons (Fsp3) is 0.529. The van der Waals surface area contributed by atoms with Crippen molar-refractivity contribution in [1.29, 1.82) is 0 Å². The van der Waals surface area contributed by atoms with Gasteiger partial charge < -0.3 is 10.3 Å². The normalized spacial score (nSPS) is 19.4. The smallest absolute Gasteiger partial charge is 0.0489 e. The maximum Gasteiger partial charge on any atom is 0.0489 e. The molecule has 19 heavy (non-hydrogen) atoms. The van der Waals surface area contributed by atoms with Crippen LogP contribution >= 0.6 is 0 Å². The second kappa shape index (κ2) is 5.38. The maximum absolute atomic E-state index is 3.75. The van der Waals surface area contributed by atoms with Gasteiger partial charge in [0.1, 0.15) is 0 Å². The zero-order valence-corrected chi connectivity index (χ0v) is 12.1. The van der Waals surface area contributed by atoms with Crippen molar-refractivity contribution in [1.82, 2.24) is 10.3 Å². The molecule has 2 aromatic rings. The molecule has 2 nitrogen and oxygen atoms in total. The molecule has 0 saturated heterocycles. The Labute approximate surface area is 115 Å². The quantitative estimate of drug-likeness (QED) is 0.790. The molecule has 1 aromatic carbocycles. The second-order valence-electron chi connectivity index (χ2n) is 5.77. The van der Waals surface area contributed by atoms with Crippen molar-refractivity contribution in [2.45, 2.75) is 52.0 Å². The van der Waals surface area contributed by atoms with Crippen LogP contribution in [0, 0.1) is 6.92 Å². The molecule has 1 heterocycles. The van der Waals surface area contributed by atoms with Crippen molar-refractivity contribution in [2.24, 2.45) is 0 Å². The lowest BCUT2D eigenvalue weighted by molar-refractivity contribution is 0.492. The second-order valence-corrected chi connectivity index (χ2v) is 5.77. The number of hydrogen-bond donors (Lipinski definition) is 2. The number of aromatic nitrogens is 1. The molecule has 0 fully saturated rings. The number of rotatable bonds is 3. The van der Waals surface area contributed by atoms with Crippen LogP contribution in [0.3, 0.4) is 0 Å². The summed E-state index contributed by atoms with van der Waals surface area (Å²) in [6, 6.07) is 7.21. The average molecular weight is 256 g/mol. The molecule has 1 aromatic heterocycles. The lowest BCUT2D eigenvalue weighted by atomic mass is 9.99. The molecule has 0 saturated carbocycles. The van der Waals surface area contributed by atoms with Gasteiger partial charge in [-0.15, -0.1) is 0 Å². The largest absolute Gasteiger partial charge is 0.358 e. The van der Waals surface area contributed by atoms with Crippen LogP contribution < -0.4 is 5.32 Å². The molecule has 3 rings (SSSR count). The van der Waals surface area contributed by atoms with E-state index in [4.69, 9.17) is 0 Å². The van der Waals surface area contributed by atoms with Crippen molar-refractivity contribution in [2.75, 3.05) is 6.54 Å². The molecule has 1 atom stereocenters. The first-order chi connectivity index (χ1) is 9.31. The first-order valence-electron chi connectivity index (χ1n) is 7.64. The molecule has 0 bridgehead atoms. The zero-order chi connectivity index (χ0) is 13.2. The Hall–Kier alpha value is -1.28. The van der Waals surface area contributed by atoms with E-state index in [-0.39, 0.29) is 0 Å². The standard InChI is InChI=1S/C17H24N2/c1-3-11-18-14-9-4-5-10-15-16(14)13-8-6-7-12(2)17(13)19-15/h6-8,14,18-19H,3-5,9-11H2,1-2H3. The fourth-order valence-electron chi connectivity index (χ4n) is 3.35. The van der Waals surface area contributed by atoms with E-state index in [9.17, 15) is 0 Å². The highest BCUT2D eigenvalue weighted by Crippen LogP contribution is 2.35. The molecule has 1 unspecified atom stereocenters. The van der Waals surface area contributed by atoms with E-state index in [0.29, 0.717) is 6.04 Å². The van der Waals surface area contributed by atoms with Crippen LogP contribution in [0.4, 0.5) is 0 Å². The number of hydrogen-bond acceptors (Lipinski definition) is 1. The Morgan fingerprint density at radius 3 is 3.05 bits per heavy atom. The first-order valence-corrected chi connectivity index (χ1v) is 7.64. The molecule has 102 valence electrons. The van der Waals surface area contributed by atoms with Crippen LogP contribution in [-0.2, 0) is 6.42 Å². The lowest BCUT2D eigenvalue weighted by Gasteiger charge is -2.17. The molecule has 2 N–H and O–H groups in total. The van der Waals surface area contributed by atoms with Gasteiger partial charge in [-0.1, -0.05) is 31.5 Å². The number of nitrogens with one attached hydrogen (secondary N) is 2. The van der Waals surface area contributed by atoms with Crippen molar-refractivity contribution in [3.05, 3.63) is 35.0 Å². The van der Waals surface area contributed by atoms with E-state index in [1.165, 1.54) is 54.3 Å². The molecule has 2 heteroatoms. The average Bonchev–Trinajstić information content (AvgIpc) is 2.67. The predicted molar refractivity (Wildman–Crippen MR) is 81.6 cm³/mol. The van der Waals surface area contributed by atoms with Gasteiger partial charge in [0, 0.05) is 22.6 Å². The summed E-state index contributed by atoms with van der Waals surface area (Å²) in [7, 11) is 0. The van der Waals surface area contributed by atoms with Gasteiger partial charge in [-0.3, -0.25) is 0 Å². The van der Waals surface area contributed by atoms with Gasteiger partial charge in [0.15, 0.2) is 0 Å². The Kier molecular flexibility index (Phi) is 3.61. The molecule has 0 spiro atoms. The van der Waals surface area contributed by atoms with Crippen LogP contribution in [-0.4, -0.2) is 11.5 Å². The van der Waals surface area contributed by atoms with Gasteiger partial charge in [-0.2, -0.15) is 0 Å². The van der Waals surface area contributed by atoms with E-state index in [0.717, 1.165) is 6.54 Å². The number of aryl methyl sites for hydroxylation is 2. The minimum Gasteiger partial charge on any atom is -0.358 e. The summed E-state index contributed by atoms with van der Waals surface area (Å²) in [6.45, 7) is 5.55. The summed E-state index contributed by atoms with van der Waals surface area (Å²) in [5.41, 5.74) is 5.72. The van der Waals surface area contributed by atoms with Crippen molar-refractivity contribution >= 4 is 10.9 Å². The van der Waals surface area contributed by atoms with E-state index in [1.54, 1.807) is 5.56 Å². The topological polar surface area (TPSA) is 27.8 Å². The third kappa shape index (κ3) is 2.30. The lowest BCUT2D eigenvalue weighted by Crippen LogP contribution is -2.22.